The minimum atomic E-state index is 0. The van der Waals surface area contributed by atoms with E-state index in [1.807, 2.05) is 109 Å². The molecule has 37 heavy (non-hydrogen) atoms. The zero-order chi connectivity index (χ0) is 24.7. The highest BCUT2D eigenvalue weighted by Crippen LogP contribution is 2.12. The molecule has 0 atom stereocenters. The van der Waals surface area contributed by atoms with Crippen molar-refractivity contribution in [2.24, 2.45) is 0 Å². The summed E-state index contributed by atoms with van der Waals surface area (Å²) in [4.78, 5) is 25.1. The zero-order valence-electron chi connectivity index (χ0n) is 19.5. The molecular formula is C30H27AlN6. The smallest absolute Gasteiger partial charge is 0.187 e. The van der Waals surface area contributed by atoms with Crippen LogP contribution in [0, 0.1) is 0 Å². The summed E-state index contributed by atoms with van der Waals surface area (Å²) in [5.74, 6) is 0. The molecule has 0 aliphatic heterocycles. The highest BCUT2D eigenvalue weighted by Gasteiger charge is 1.97. The van der Waals surface area contributed by atoms with Gasteiger partial charge in [-0.1, -0.05) is 36.4 Å². The van der Waals surface area contributed by atoms with E-state index in [0.29, 0.717) is 0 Å². The summed E-state index contributed by atoms with van der Waals surface area (Å²) >= 11 is 0. The van der Waals surface area contributed by atoms with Crippen LogP contribution in [-0.4, -0.2) is 47.3 Å². The fourth-order valence-corrected chi connectivity index (χ4v) is 3.09. The van der Waals surface area contributed by atoms with Gasteiger partial charge in [-0.05, 0) is 72.8 Å². The Balaban J connectivity index is 0.000000152. The van der Waals surface area contributed by atoms with E-state index in [9.17, 15) is 0 Å². The molecule has 7 heteroatoms. The Morgan fingerprint density at radius 1 is 0.243 bits per heavy atom. The first-order chi connectivity index (χ1) is 17.9. The molecule has 0 amide bonds. The minimum Gasteiger partial charge on any atom is -0.255 e. The predicted octanol–water partition coefficient (Wildman–Crippen LogP) is 5.25. The van der Waals surface area contributed by atoms with E-state index in [4.69, 9.17) is 0 Å². The van der Waals surface area contributed by atoms with Crippen molar-refractivity contribution in [3.8, 4) is 34.2 Å². The number of aromatic nitrogens is 6. The highest BCUT2D eigenvalue weighted by atomic mass is 27.0. The van der Waals surface area contributed by atoms with Gasteiger partial charge in [-0.15, -0.1) is 0 Å². The first-order valence-electron chi connectivity index (χ1n) is 11.4. The van der Waals surface area contributed by atoms with Crippen molar-refractivity contribution in [2.45, 2.75) is 0 Å². The highest BCUT2D eigenvalue weighted by molar-refractivity contribution is 5.75. The lowest BCUT2D eigenvalue weighted by molar-refractivity contribution is 1.25. The Labute approximate surface area is 227 Å². The Morgan fingerprint density at radius 3 is 0.514 bits per heavy atom. The van der Waals surface area contributed by atoms with Crippen molar-refractivity contribution >= 4 is 17.4 Å². The first-order valence-corrected chi connectivity index (χ1v) is 11.4. The van der Waals surface area contributed by atoms with Gasteiger partial charge in [0.15, 0.2) is 17.4 Å². The van der Waals surface area contributed by atoms with E-state index in [2.05, 4.69) is 29.9 Å². The third-order valence-electron chi connectivity index (χ3n) is 4.78. The minimum absolute atomic E-state index is 0. The number of hydrogen-bond acceptors (Lipinski definition) is 6. The molecule has 6 rings (SSSR count). The van der Waals surface area contributed by atoms with Crippen LogP contribution < -0.4 is 0 Å². The molecule has 0 fully saturated rings. The van der Waals surface area contributed by atoms with Crippen molar-refractivity contribution in [3.05, 3.63) is 146 Å². The van der Waals surface area contributed by atoms with Crippen LogP contribution in [0.1, 0.15) is 0 Å². The molecule has 6 heterocycles. The maximum absolute atomic E-state index is 4.19. The third-order valence-corrected chi connectivity index (χ3v) is 4.78. The summed E-state index contributed by atoms with van der Waals surface area (Å²) in [5.41, 5.74) is 5.49. The molecule has 0 aliphatic carbocycles. The monoisotopic (exact) mass is 498 g/mol. The second-order valence-electron chi connectivity index (χ2n) is 7.29. The second kappa shape index (κ2) is 15.4. The fraction of sp³-hybridized carbons (Fsp3) is 0. The Hall–Kier alpha value is -4.57. The lowest BCUT2D eigenvalue weighted by Gasteiger charge is -1.96. The van der Waals surface area contributed by atoms with Crippen LogP contribution in [-0.2, 0) is 0 Å². The van der Waals surface area contributed by atoms with Gasteiger partial charge in [-0.2, -0.15) is 0 Å². The van der Waals surface area contributed by atoms with Gasteiger partial charge in [0.1, 0.15) is 0 Å². The van der Waals surface area contributed by atoms with Crippen molar-refractivity contribution in [1.82, 2.24) is 29.9 Å². The predicted molar refractivity (Wildman–Crippen MR) is 152 cm³/mol. The summed E-state index contributed by atoms with van der Waals surface area (Å²) < 4.78 is 0. The number of hydrogen-bond donors (Lipinski definition) is 0. The van der Waals surface area contributed by atoms with E-state index < -0.39 is 0 Å². The number of nitrogens with zero attached hydrogens (tertiary/aromatic N) is 6. The molecule has 180 valence electrons. The van der Waals surface area contributed by atoms with Crippen molar-refractivity contribution in [2.75, 3.05) is 0 Å². The molecule has 0 bridgehead atoms. The molecule has 0 unspecified atom stereocenters. The van der Waals surface area contributed by atoms with Crippen molar-refractivity contribution in [3.63, 3.8) is 0 Å². The van der Waals surface area contributed by atoms with Crippen LogP contribution in [0.3, 0.4) is 0 Å². The SMILES string of the molecule is [AlH3].c1ccc(-c2ccccn2)nc1.c1ccc(-c2ccccn2)nc1.c1ccc(-c2ccccn2)nc1. The molecule has 0 radical (unpaired) electrons. The summed E-state index contributed by atoms with van der Waals surface area (Å²) in [6.45, 7) is 0. The van der Waals surface area contributed by atoms with Crippen LogP contribution in [0.15, 0.2) is 146 Å². The molecule has 6 aromatic heterocycles. The standard InChI is InChI=1S/3C10H8N2.Al.3H/c3*1-3-7-11-9(5-1)10-6-2-4-8-12-10;;;;/h3*1-8H;;;;. The lowest BCUT2D eigenvalue weighted by Crippen LogP contribution is -1.83. The summed E-state index contributed by atoms with van der Waals surface area (Å²) in [6.07, 6.45) is 10.6. The van der Waals surface area contributed by atoms with Gasteiger partial charge in [0, 0.05) is 37.2 Å². The van der Waals surface area contributed by atoms with Crippen LogP contribution >= 0.6 is 0 Å². The van der Waals surface area contributed by atoms with Gasteiger partial charge in [-0.3, -0.25) is 29.9 Å². The number of pyridine rings is 6. The van der Waals surface area contributed by atoms with E-state index in [-0.39, 0.29) is 17.4 Å². The molecule has 0 saturated heterocycles. The summed E-state index contributed by atoms with van der Waals surface area (Å²) in [7, 11) is 0. The average molecular weight is 499 g/mol. The second-order valence-corrected chi connectivity index (χ2v) is 7.29. The molecule has 0 aliphatic rings. The van der Waals surface area contributed by atoms with E-state index in [1.165, 1.54) is 0 Å². The van der Waals surface area contributed by atoms with E-state index in [1.54, 1.807) is 37.2 Å². The largest absolute Gasteiger partial charge is 0.255 e. The Kier molecular flexibility index (Phi) is 11.3. The van der Waals surface area contributed by atoms with Gasteiger partial charge in [0.2, 0.25) is 0 Å². The van der Waals surface area contributed by atoms with Gasteiger partial charge in [0.05, 0.1) is 34.2 Å². The van der Waals surface area contributed by atoms with Crippen LogP contribution in [0.4, 0.5) is 0 Å². The molecule has 6 nitrogen and oxygen atoms in total. The molecule has 6 aromatic rings. The topological polar surface area (TPSA) is 77.3 Å². The maximum Gasteiger partial charge on any atom is 0.187 e. The van der Waals surface area contributed by atoms with Crippen LogP contribution in [0.25, 0.3) is 34.2 Å². The van der Waals surface area contributed by atoms with Gasteiger partial charge in [-0.25, -0.2) is 0 Å². The quantitative estimate of drug-likeness (QED) is 0.310. The van der Waals surface area contributed by atoms with Crippen molar-refractivity contribution < 1.29 is 0 Å². The first kappa shape index (κ1) is 27.0. The Bertz CT molecular complexity index is 1100. The van der Waals surface area contributed by atoms with Crippen LogP contribution in [0.5, 0.6) is 0 Å². The molecule has 0 aromatic carbocycles. The van der Waals surface area contributed by atoms with E-state index in [0.717, 1.165) is 34.2 Å². The van der Waals surface area contributed by atoms with Crippen LogP contribution in [0.2, 0.25) is 0 Å². The normalized spacial score (nSPS) is 9.41. The van der Waals surface area contributed by atoms with E-state index >= 15 is 0 Å². The molecule has 0 N–H and O–H groups in total. The zero-order valence-corrected chi connectivity index (χ0v) is 19.5. The van der Waals surface area contributed by atoms with Gasteiger partial charge < -0.3 is 0 Å². The maximum atomic E-state index is 4.19. The third kappa shape index (κ3) is 8.86. The van der Waals surface area contributed by atoms with Gasteiger partial charge >= 0.3 is 0 Å². The average Bonchev–Trinajstić information content (AvgIpc) is 3.01. The number of rotatable bonds is 3. The van der Waals surface area contributed by atoms with Crippen molar-refractivity contribution in [1.29, 1.82) is 0 Å². The lowest BCUT2D eigenvalue weighted by atomic mass is 10.2. The fourth-order valence-electron chi connectivity index (χ4n) is 3.09. The molecule has 0 saturated carbocycles. The summed E-state index contributed by atoms with van der Waals surface area (Å²) in [6, 6.07) is 34.8. The Morgan fingerprint density at radius 2 is 0.405 bits per heavy atom. The molecular weight excluding hydrogens is 471 g/mol. The summed E-state index contributed by atoms with van der Waals surface area (Å²) in [5, 5.41) is 0. The van der Waals surface area contributed by atoms with Gasteiger partial charge in [0.25, 0.3) is 0 Å². The molecule has 0 spiro atoms.